The van der Waals surface area contributed by atoms with Crippen LogP contribution in [-0.4, -0.2) is 41.9 Å². The second-order valence-electron chi connectivity index (χ2n) is 8.37. The molecule has 0 saturated heterocycles. The molecule has 0 aliphatic carbocycles. The van der Waals surface area contributed by atoms with Gasteiger partial charge in [0.05, 0.1) is 40.7 Å². The van der Waals surface area contributed by atoms with Gasteiger partial charge in [-0.15, -0.1) is 0 Å². The Morgan fingerprint density at radius 1 is 1.03 bits per heavy atom. The molecule has 0 spiro atoms. The standard InChI is InChI=1S/C27H28N2O6S2/c1-2-37(33,34)22-10-8-19(9-11-22)25(35-13-12-18-6-4-3-5-7-18)26(32)29-27-28-23-14-20(16-30)21(17-31)15-24(23)36-27/h3-11,14-15,25,30-31H,2,12-13,16-17H2,1H3,(H,28,29,32). The third-order valence-electron chi connectivity index (χ3n) is 5.96. The maximum atomic E-state index is 13.3. The fourth-order valence-electron chi connectivity index (χ4n) is 3.86. The molecule has 1 heterocycles. The first-order chi connectivity index (χ1) is 17.8. The first-order valence-electron chi connectivity index (χ1n) is 11.8. The van der Waals surface area contributed by atoms with Gasteiger partial charge in [-0.1, -0.05) is 60.7 Å². The van der Waals surface area contributed by atoms with Crippen LogP contribution in [0.2, 0.25) is 0 Å². The smallest absolute Gasteiger partial charge is 0.259 e. The van der Waals surface area contributed by atoms with Gasteiger partial charge in [0.2, 0.25) is 0 Å². The molecule has 1 atom stereocenters. The van der Waals surface area contributed by atoms with E-state index in [0.29, 0.717) is 33.8 Å². The summed E-state index contributed by atoms with van der Waals surface area (Å²) >= 11 is 1.25. The predicted octanol–water partition coefficient (Wildman–Crippen LogP) is 4.01. The number of sulfone groups is 1. The summed E-state index contributed by atoms with van der Waals surface area (Å²) in [5, 5.41) is 22.3. The third-order valence-corrected chi connectivity index (χ3v) is 8.64. The summed E-state index contributed by atoms with van der Waals surface area (Å²) in [7, 11) is -3.37. The van der Waals surface area contributed by atoms with E-state index >= 15 is 0 Å². The molecule has 0 aliphatic rings. The average molecular weight is 541 g/mol. The molecule has 0 saturated carbocycles. The summed E-state index contributed by atoms with van der Waals surface area (Å²) < 4.78 is 31.2. The second kappa shape index (κ2) is 11.9. The number of amides is 1. The minimum atomic E-state index is -3.37. The molecule has 3 N–H and O–H groups in total. The maximum absolute atomic E-state index is 13.3. The Bertz CT molecular complexity index is 1430. The monoisotopic (exact) mass is 540 g/mol. The van der Waals surface area contributed by atoms with Crippen molar-refractivity contribution in [1.29, 1.82) is 0 Å². The average Bonchev–Trinajstić information content (AvgIpc) is 3.31. The van der Waals surface area contributed by atoms with Gasteiger partial charge in [-0.3, -0.25) is 10.1 Å². The van der Waals surface area contributed by atoms with Gasteiger partial charge in [0.1, 0.15) is 0 Å². The fraction of sp³-hybridized carbons (Fsp3) is 0.259. The SMILES string of the molecule is CCS(=O)(=O)c1ccc(C(OCCc2ccccc2)C(=O)Nc2nc3cc(CO)c(CO)cc3s2)cc1. The molecule has 8 nitrogen and oxygen atoms in total. The van der Waals surface area contributed by atoms with E-state index in [-0.39, 0.29) is 30.5 Å². The molecular weight excluding hydrogens is 512 g/mol. The van der Waals surface area contributed by atoms with Gasteiger partial charge in [-0.05, 0) is 52.9 Å². The number of aromatic nitrogens is 1. The zero-order valence-electron chi connectivity index (χ0n) is 20.3. The number of aliphatic hydroxyl groups excluding tert-OH is 2. The fourth-order valence-corrected chi connectivity index (χ4v) is 5.66. The molecule has 194 valence electrons. The molecule has 0 aliphatic heterocycles. The number of carbonyl (C=O) groups excluding carboxylic acids is 1. The first-order valence-corrected chi connectivity index (χ1v) is 14.2. The summed E-state index contributed by atoms with van der Waals surface area (Å²) in [5.41, 5.74) is 3.35. The molecule has 0 bridgehead atoms. The number of rotatable bonds is 11. The highest BCUT2D eigenvalue weighted by Crippen LogP contribution is 2.30. The lowest BCUT2D eigenvalue weighted by molar-refractivity contribution is -0.127. The number of nitrogens with one attached hydrogen (secondary N) is 1. The number of benzene rings is 3. The Morgan fingerprint density at radius 2 is 1.70 bits per heavy atom. The van der Waals surface area contributed by atoms with Crippen molar-refractivity contribution in [3.63, 3.8) is 0 Å². The van der Waals surface area contributed by atoms with Crippen molar-refractivity contribution in [2.45, 2.75) is 37.6 Å². The Labute approximate surface area is 219 Å². The van der Waals surface area contributed by atoms with E-state index < -0.39 is 21.8 Å². The van der Waals surface area contributed by atoms with E-state index in [0.717, 1.165) is 10.3 Å². The molecule has 10 heteroatoms. The molecule has 4 aromatic rings. The summed E-state index contributed by atoms with van der Waals surface area (Å²) in [4.78, 5) is 18.0. The van der Waals surface area contributed by atoms with E-state index in [2.05, 4.69) is 10.3 Å². The lowest BCUT2D eigenvalue weighted by Crippen LogP contribution is -2.24. The van der Waals surface area contributed by atoms with Gasteiger partial charge in [0, 0.05) is 0 Å². The van der Waals surface area contributed by atoms with Gasteiger partial charge in [0.25, 0.3) is 5.91 Å². The largest absolute Gasteiger partial charge is 0.392 e. The van der Waals surface area contributed by atoms with Crippen molar-refractivity contribution in [1.82, 2.24) is 4.98 Å². The van der Waals surface area contributed by atoms with Crippen LogP contribution in [0.15, 0.2) is 71.6 Å². The minimum absolute atomic E-state index is 0.0164. The van der Waals surface area contributed by atoms with E-state index in [4.69, 9.17) is 4.74 Å². The number of ether oxygens (including phenoxy) is 1. The lowest BCUT2D eigenvalue weighted by Gasteiger charge is -2.18. The van der Waals surface area contributed by atoms with Crippen LogP contribution in [0.25, 0.3) is 10.2 Å². The van der Waals surface area contributed by atoms with Crippen molar-refractivity contribution >= 4 is 42.4 Å². The summed E-state index contributed by atoms with van der Waals surface area (Å²) in [6.07, 6.45) is -0.392. The number of nitrogens with zero attached hydrogens (tertiary/aromatic N) is 1. The molecule has 4 rings (SSSR count). The zero-order chi connectivity index (χ0) is 26.4. The van der Waals surface area contributed by atoms with E-state index in [1.54, 1.807) is 31.2 Å². The topological polar surface area (TPSA) is 126 Å². The van der Waals surface area contributed by atoms with Gasteiger partial charge in [-0.25, -0.2) is 13.4 Å². The number of carbonyl (C=O) groups is 1. The highest BCUT2D eigenvalue weighted by molar-refractivity contribution is 7.91. The summed E-state index contributed by atoms with van der Waals surface area (Å²) in [5.74, 6) is -0.458. The van der Waals surface area contributed by atoms with Gasteiger partial charge >= 0.3 is 0 Å². The van der Waals surface area contributed by atoms with Crippen LogP contribution in [0.4, 0.5) is 5.13 Å². The molecular formula is C27H28N2O6S2. The van der Waals surface area contributed by atoms with Crippen LogP contribution in [0.1, 0.15) is 35.3 Å². The van der Waals surface area contributed by atoms with Gasteiger partial charge in [0.15, 0.2) is 21.1 Å². The molecule has 1 unspecified atom stereocenters. The Morgan fingerprint density at radius 3 is 2.35 bits per heavy atom. The van der Waals surface area contributed by atoms with Gasteiger partial charge < -0.3 is 14.9 Å². The molecule has 1 amide bonds. The van der Waals surface area contributed by atoms with Crippen molar-refractivity contribution in [3.8, 4) is 0 Å². The van der Waals surface area contributed by atoms with Crippen LogP contribution in [-0.2, 0) is 39.0 Å². The molecule has 1 aromatic heterocycles. The van der Waals surface area contributed by atoms with Crippen LogP contribution >= 0.6 is 11.3 Å². The zero-order valence-corrected chi connectivity index (χ0v) is 21.9. The number of thiazole rings is 1. The predicted molar refractivity (Wildman–Crippen MR) is 143 cm³/mol. The molecule has 0 radical (unpaired) electrons. The summed E-state index contributed by atoms with van der Waals surface area (Å²) in [6, 6.07) is 19.3. The van der Waals surface area contributed by atoms with E-state index in [9.17, 15) is 23.4 Å². The Hall–Kier alpha value is -3.15. The number of hydrogen-bond acceptors (Lipinski definition) is 8. The normalized spacial score (nSPS) is 12.5. The second-order valence-corrected chi connectivity index (χ2v) is 11.7. The number of aliphatic hydroxyl groups is 2. The minimum Gasteiger partial charge on any atom is -0.392 e. The third kappa shape index (κ3) is 6.41. The van der Waals surface area contributed by atoms with Crippen molar-refractivity contribution in [3.05, 3.63) is 89.0 Å². The van der Waals surface area contributed by atoms with Crippen LogP contribution in [0, 0.1) is 0 Å². The summed E-state index contributed by atoms with van der Waals surface area (Å²) in [6.45, 7) is 1.41. The van der Waals surface area contributed by atoms with Crippen molar-refractivity contribution in [2.24, 2.45) is 0 Å². The quantitative estimate of drug-likeness (QED) is 0.262. The van der Waals surface area contributed by atoms with Gasteiger partial charge in [-0.2, -0.15) is 0 Å². The highest BCUT2D eigenvalue weighted by Gasteiger charge is 2.24. The van der Waals surface area contributed by atoms with Crippen molar-refractivity contribution < 1.29 is 28.2 Å². The molecule has 0 fully saturated rings. The van der Waals surface area contributed by atoms with E-state index in [1.807, 2.05) is 30.3 Å². The van der Waals surface area contributed by atoms with Crippen LogP contribution < -0.4 is 5.32 Å². The molecule has 3 aromatic carbocycles. The highest BCUT2D eigenvalue weighted by atomic mass is 32.2. The van der Waals surface area contributed by atoms with Crippen molar-refractivity contribution in [2.75, 3.05) is 17.7 Å². The Kier molecular flexibility index (Phi) is 8.67. The Balaban J connectivity index is 1.57. The van der Waals surface area contributed by atoms with Crippen LogP contribution in [0.3, 0.4) is 0 Å². The number of hydrogen-bond donors (Lipinski definition) is 3. The lowest BCUT2D eigenvalue weighted by atomic mass is 10.1. The maximum Gasteiger partial charge on any atom is 0.259 e. The number of anilines is 1. The van der Waals surface area contributed by atoms with E-state index in [1.165, 1.54) is 23.5 Å². The first kappa shape index (κ1) is 26.9. The molecule has 37 heavy (non-hydrogen) atoms. The van der Waals surface area contributed by atoms with Crippen LogP contribution in [0.5, 0.6) is 0 Å². The number of fused-ring (bicyclic) bond motifs is 1.